The predicted molar refractivity (Wildman–Crippen MR) is 169 cm³/mol. The zero-order valence-electron chi connectivity index (χ0n) is 27.7. The van der Waals surface area contributed by atoms with Gasteiger partial charge in [0.2, 0.25) is 0 Å². The van der Waals surface area contributed by atoms with E-state index in [-0.39, 0.29) is 95.3 Å². The predicted octanol–water partition coefficient (Wildman–Crippen LogP) is 2.15. The molecule has 274 valence electrons. The number of nitrogens with zero attached hydrogens (tertiary/aromatic N) is 4. The summed E-state index contributed by atoms with van der Waals surface area (Å²) in [6, 6.07) is 36.3. The van der Waals surface area contributed by atoms with Crippen LogP contribution in [0.1, 0.15) is 31.8 Å². The van der Waals surface area contributed by atoms with E-state index in [0.29, 0.717) is 0 Å². The summed E-state index contributed by atoms with van der Waals surface area (Å²) in [6.07, 6.45) is 7.07. The number of carboxylic acid groups (broad SMARTS) is 2. The van der Waals surface area contributed by atoms with Crippen LogP contribution in [0.15, 0.2) is 146 Å². The Bertz CT molecular complexity index is 1510. The Morgan fingerprint density at radius 1 is 0.404 bits per heavy atom. The van der Waals surface area contributed by atoms with Crippen molar-refractivity contribution in [2.75, 3.05) is 0 Å². The summed E-state index contributed by atoms with van der Waals surface area (Å²) < 4.78 is 0. The first-order valence-corrected chi connectivity index (χ1v) is 13.7. The molecule has 6 aromatic rings. The first-order chi connectivity index (χ1) is 22.3. The number of carbonyl (C=O) groups excluding carboxylic acids is 2. The van der Waals surface area contributed by atoms with Crippen LogP contribution in [0.4, 0.5) is 0 Å². The maximum atomic E-state index is 10.2. The molecule has 4 aromatic heterocycles. The van der Waals surface area contributed by atoms with E-state index in [0.717, 1.165) is 33.9 Å². The Balaban J connectivity index is -0.000000180. The minimum absolute atomic E-state index is 0. The largest absolute Gasteiger partial charge is 2.00 e. The fourth-order valence-corrected chi connectivity index (χ4v) is 3.44. The maximum Gasteiger partial charge on any atom is 0.0886 e. The first kappa shape index (κ1) is 57.2. The number of carboxylic acids is 2. The zero-order chi connectivity index (χ0) is 33.6. The monoisotopic (exact) mass is 1150 g/mol. The van der Waals surface area contributed by atoms with E-state index in [1.54, 1.807) is 49.1 Å². The second-order valence-electron chi connectivity index (χ2n) is 9.17. The van der Waals surface area contributed by atoms with Crippen molar-refractivity contribution >= 4 is 11.9 Å². The molecule has 0 N–H and O–H groups in total. The van der Waals surface area contributed by atoms with E-state index in [1.807, 2.05) is 86.6 Å². The molecule has 0 unspecified atom stereocenters. The van der Waals surface area contributed by atoms with Crippen molar-refractivity contribution in [2.24, 2.45) is 0 Å². The third kappa shape index (κ3) is 22.6. The van der Waals surface area contributed by atoms with E-state index in [4.69, 9.17) is 10.5 Å². The fraction of sp³-hybridized carbons (Fsp3) is 0.0556. The van der Waals surface area contributed by atoms with Crippen LogP contribution in [0, 0.1) is 76.1 Å². The molecule has 0 radical (unpaired) electrons. The number of pyridine rings is 4. The summed E-state index contributed by atoms with van der Waals surface area (Å²) in [7, 11) is 0. The minimum atomic E-state index is -1.12. The maximum absolute atomic E-state index is 10.2. The van der Waals surface area contributed by atoms with Crippen LogP contribution >= 0.6 is 0 Å². The van der Waals surface area contributed by atoms with Gasteiger partial charge in [-0.15, -0.1) is 0 Å². The van der Waals surface area contributed by atoms with Gasteiger partial charge in [-0.2, -0.15) is 0 Å². The molecule has 6 rings (SSSR count). The summed E-state index contributed by atoms with van der Waals surface area (Å²) in [5.74, 6) is -2.25. The summed E-state index contributed by atoms with van der Waals surface area (Å²) in [6.45, 7) is 3.80. The van der Waals surface area contributed by atoms with Gasteiger partial charge in [-0.1, -0.05) is 83.9 Å². The third-order valence-corrected chi connectivity index (χ3v) is 5.76. The van der Waals surface area contributed by atoms with Crippen molar-refractivity contribution in [3.05, 3.63) is 168 Å². The zero-order valence-corrected chi connectivity index (χ0v) is 36.1. The van der Waals surface area contributed by atoms with Gasteiger partial charge in [0.05, 0.1) is 34.7 Å². The summed E-state index contributed by atoms with van der Waals surface area (Å²) in [5.41, 5.74) is 6.21. The van der Waals surface area contributed by atoms with Crippen LogP contribution < -0.4 is 20.7 Å². The van der Waals surface area contributed by atoms with Gasteiger partial charge in [-0.05, 0) is 73.5 Å². The molecule has 0 saturated heterocycles. The Labute approximate surface area is 348 Å². The number of carbonyl (C=O) groups is 2. The molecule has 0 amide bonds. The van der Waals surface area contributed by atoms with Crippen LogP contribution in [0.25, 0.3) is 22.8 Å². The second kappa shape index (κ2) is 34.0. The van der Waals surface area contributed by atoms with Crippen LogP contribution in [-0.4, -0.2) is 31.9 Å². The molecule has 52 heavy (non-hydrogen) atoms. The Morgan fingerprint density at radius 2 is 0.615 bits per heavy atom. The third-order valence-electron chi connectivity index (χ3n) is 5.76. The molecule has 14 nitrogen and oxygen atoms in total. The van der Waals surface area contributed by atoms with Crippen molar-refractivity contribution < 1.29 is 114 Å². The number of rotatable bonds is 4. The van der Waals surface area contributed by atoms with Crippen molar-refractivity contribution in [2.45, 2.75) is 13.8 Å². The van der Waals surface area contributed by atoms with Crippen LogP contribution in [0.2, 0.25) is 0 Å². The number of aryl methyl sites for hydroxylation is 2. The number of aromatic carboxylic acids is 2. The molecule has 0 aliphatic carbocycles. The fourth-order valence-electron chi connectivity index (χ4n) is 3.44. The average Bonchev–Trinajstić information content (AvgIpc) is 3.12. The molecule has 0 atom stereocenters. The molecule has 16 heteroatoms. The van der Waals surface area contributed by atoms with Gasteiger partial charge in [-0.3, -0.25) is 19.9 Å². The molecule has 2 aromatic carbocycles. The second-order valence-corrected chi connectivity index (χ2v) is 9.17. The van der Waals surface area contributed by atoms with Gasteiger partial charge >= 0.3 is 0 Å². The van der Waals surface area contributed by atoms with Crippen molar-refractivity contribution in [1.29, 1.82) is 0 Å². The van der Waals surface area contributed by atoms with E-state index in [2.05, 4.69) is 19.9 Å². The Morgan fingerprint density at radius 3 is 0.769 bits per heavy atom. The molecule has 0 spiro atoms. The first-order valence-electron chi connectivity index (χ1n) is 13.7. The average molecular weight is 1150 g/mol. The quantitative estimate of drug-likeness (QED) is 0.183. The van der Waals surface area contributed by atoms with Gasteiger partial charge < -0.3 is 52.2 Å². The Hall–Kier alpha value is -4.16. The molecule has 0 bridgehead atoms. The van der Waals surface area contributed by atoms with Gasteiger partial charge in [0, 0.05) is 87.0 Å². The van der Waals surface area contributed by atoms with E-state index >= 15 is 0 Å². The number of hydrogen-bond donors (Lipinski definition) is 0. The molecular formula is C36H30N4O10U2-12. The van der Waals surface area contributed by atoms with Crippen LogP contribution in [0.3, 0.4) is 0 Å². The van der Waals surface area contributed by atoms with Gasteiger partial charge in [0.15, 0.2) is 0 Å². The number of hydrogen-bond acceptors (Lipinski definition) is 10. The molecular weight excluding hydrogens is 1120 g/mol. The SMILES string of the molecule is Cc1ccc(C(=O)[O-])cc1.Cc1ccc(C(=O)[O-])cc1.[O-2].[O-2].[O-2].[O-2].[O-][O-].[U].[U].c1ccc(-c2ccccn2)nc1.c1ccc(-c2ccccn2)nc1. The summed E-state index contributed by atoms with van der Waals surface area (Å²) in [5, 5.41) is 34.4. The Kier molecular flexibility index (Phi) is 37.4. The van der Waals surface area contributed by atoms with Crippen LogP contribution in [0.5, 0.6) is 0 Å². The molecule has 4 heterocycles. The van der Waals surface area contributed by atoms with Crippen molar-refractivity contribution in [3.63, 3.8) is 0 Å². The number of aromatic nitrogens is 4. The number of benzene rings is 2. The minimum Gasteiger partial charge on any atom is -2.00 e. The van der Waals surface area contributed by atoms with Crippen molar-refractivity contribution in [1.82, 2.24) is 19.9 Å². The molecule has 0 saturated carbocycles. The van der Waals surface area contributed by atoms with Gasteiger partial charge in [-0.25, -0.2) is 0 Å². The van der Waals surface area contributed by atoms with E-state index in [1.165, 1.54) is 24.3 Å². The molecule has 0 aliphatic heterocycles. The molecule has 0 fully saturated rings. The normalized spacial score (nSPS) is 8.15. The van der Waals surface area contributed by atoms with Crippen molar-refractivity contribution in [3.8, 4) is 22.8 Å². The summed E-state index contributed by atoms with van der Waals surface area (Å²) in [4.78, 5) is 37.1. The van der Waals surface area contributed by atoms with Gasteiger partial charge in [0.25, 0.3) is 0 Å². The van der Waals surface area contributed by atoms with E-state index in [9.17, 15) is 19.8 Å². The topological polar surface area (TPSA) is 292 Å². The molecule has 0 aliphatic rings. The standard InChI is InChI=1S/2C10H8N2.2C8H8O2.O2.4O.2U/c2*1-3-7-11-9(5-1)10-6-2-4-8-12-10;2*1-6-2-4-7(5-3-6)8(9)10;1-2;;;;;;/h2*1-8H;2*2-5H,1H3,(H,9,10);;;;;;;/q;;;;5*-2;;/p-2. The summed E-state index contributed by atoms with van der Waals surface area (Å²) >= 11 is 0. The van der Waals surface area contributed by atoms with Gasteiger partial charge in [0.1, 0.15) is 0 Å². The van der Waals surface area contributed by atoms with E-state index < -0.39 is 11.9 Å². The van der Waals surface area contributed by atoms with Crippen LogP contribution in [-0.2, 0) is 21.9 Å². The smallest absolute Gasteiger partial charge is 0.0886 e.